The van der Waals surface area contributed by atoms with E-state index in [0.717, 1.165) is 39.0 Å². The Hall–Kier alpha value is -2.34. The number of anilines is 2. The average molecular weight is 299 g/mol. The van der Waals surface area contributed by atoms with E-state index in [0.29, 0.717) is 0 Å². The molecule has 1 aromatic carbocycles. The lowest BCUT2D eigenvalue weighted by Crippen LogP contribution is -1.97. The number of aryl methyl sites for hydroxylation is 2. The van der Waals surface area contributed by atoms with Crippen LogP contribution in [0.2, 0.25) is 0 Å². The zero-order valence-electron chi connectivity index (χ0n) is 11.6. The number of hydrogen-bond donors (Lipinski definition) is 1. The molecule has 5 nitrogen and oxygen atoms in total. The summed E-state index contributed by atoms with van der Waals surface area (Å²) in [5, 5.41) is 4.39. The van der Waals surface area contributed by atoms with Gasteiger partial charge >= 0.3 is 0 Å². The summed E-state index contributed by atoms with van der Waals surface area (Å²) in [6, 6.07) is 7.88. The first-order chi connectivity index (χ1) is 10.2. The standard InChI is InChI=1S/C15H13N3O2S/c1-8-5-11-14(16-9(2)17-15(11)21-8)18-10-3-4-12-13(6-10)20-7-19-12/h3-6H,7H2,1-2H3,(H,16,17,18). The van der Waals surface area contributed by atoms with Crippen molar-refractivity contribution in [3.05, 3.63) is 35.0 Å². The van der Waals surface area contributed by atoms with Crippen LogP contribution in [0.25, 0.3) is 10.2 Å². The molecule has 0 saturated heterocycles. The Labute approximate surface area is 125 Å². The maximum absolute atomic E-state index is 5.40. The molecule has 3 heterocycles. The highest BCUT2D eigenvalue weighted by atomic mass is 32.1. The molecule has 0 spiro atoms. The van der Waals surface area contributed by atoms with Crippen LogP contribution < -0.4 is 14.8 Å². The number of fused-ring (bicyclic) bond motifs is 2. The van der Waals surface area contributed by atoms with Crippen LogP contribution in [-0.2, 0) is 0 Å². The van der Waals surface area contributed by atoms with Crippen molar-refractivity contribution in [3.8, 4) is 11.5 Å². The number of benzene rings is 1. The number of thiophene rings is 1. The van der Waals surface area contributed by atoms with Crippen LogP contribution in [0, 0.1) is 13.8 Å². The zero-order chi connectivity index (χ0) is 14.4. The molecule has 0 unspecified atom stereocenters. The van der Waals surface area contributed by atoms with Crippen molar-refractivity contribution in [1.82, 2.24) is 9.97 Å². The van der Waals surface area contributed by atoms with E-state index in [4.69, 9.17) is 9.47 Å². The molecule has 1 aliphatic rings. The molecule has 0 bridgehead atoms. The van der Waals surface area contributed by atoms with E-state index >= 15 is 0 Å². The van der Waals surface area contributed by atoms with Crippen LogP contribution >= 0.6 is 11.3 Å². The Kier molecular flexibility index (Phi) is 2.71. The lowest BCUT2D eigenvalue weighted by molar-refractivity contribution is 0.174. The minimum atomic E-state index is 0.277. The minimum absolute atomic E-state index is 0.277. The Morgan fingerprint density at radius 2 is 1.95 bits per heavy atom. The lowest BCUT2D eigenvalue weighted by atomic mass is 10.2. The molecular formula is C15H13N3O2S. The van der Waals surface area contributed by atoms with E-state index in [2.05, 4.69) is 28.3 Å². The maximum atomic E-state index is 5.40. The smallest absolute Gasteiger partial charge is 0.231 e. The second kappa shape index (κ2) is 4.60. The number of nitrogens with one attached hydrogen (secondary N) is 1. The van der Waals surface area contributed by atoms with Crippen molar-refractivity contribution in [2.45, 2.75) is 13.8 Å². The van der Waals surface area contributed by atoms with Crippen molar-refractivity contribution >= 4 is 33.1 Å². The van der Waals surface area contributed by atoms with E-state index in [1.54, 1.807) is 11.3 Å². The molecule has 0 amide bonds. The average Bonchev–Trinajstić information content (AvgIpc) is 3.03. The maximum Gasteiger partial charge on any atom is 0.231 e. The van der Waals surface area contributed by atoms with Gasteiger partial charge in [-0.2, -0.15) is 0 Å². The van der Waals surface area contributed by atoms with E-state index < -0.39 is 0 Å². The van der Waals surface area contributed by atoms with Gasteiger partial charge in [0.15, 0.2) is 11.5 Å². The van der Waals surface area contributed by atoms with Crippen LogP contribution in [-0.4, -0.2) is 16.8 Å². The Morgan fingerprint density at radius 3 is 2.86 bits per heavy atom. The van der Waals surface area contributed by atoms with E-state index in [1.807, 2.05) is 25.1 Å². The molecule has 0 atom stereocenters. The summed E-state index contributed by atoms with van der Waals surface area (Å²) in [6.07, 6.45) is 0. The minimum Gasteiger partial charge on any atom is -0.454 e. The second-order valence-electron chi connectivity index (χ2n) is 4.89. The molecular weight excluding hydrogens is 286 g/mol. The first-order valence-corrected chi connectivity index (χ1v) is 7.42. The van der Waals surface area contributed by atoms with Gasteiger partial charge in [0.2, 0.25) is 6.79 Å². The van der Waals surface area contributed by atoms with Crippen molar-refractivity contribution < 1.29 is 9.47 Å². The summed E-state index contributed by atoms with van der Waals surface area (Å²) in [7, 11) is 0. The number of ether oxygens (including phenoxy) is 2. The van der Waals surface area contributed by atoms with Gasteiger partial charge in [0.25, 0.3) is 0 Å². The van der Waals surface area contributed by atoms with Gasteiger partial charge in [0.1, 0.15) is 16.5 Å². The van der Waals surface area contributed by atoms with Crippen LogP contribution in [0.4, 0.5) is 11.5 Å². The SMILES string of the molecule is Cc1nc(Nc2ccc3c(c2)OCO3)c2cc(C)sc2n1. The van der Waals surface area contributed by atoms with Gasteiger partial charge < -0.3 is 14.8 Å². The summed E-state index contributed by atoms with van der Waals surface area (Å²) in [5.41, 5.74) is 0.919. The summed E-state index contributed by atoms with van der Waals surface area (Å²) in [6.45, 7) is 4.25. The van der Waals surface area contributed by atoms with Gasteiger partial charge in [-0.25, -0.2) is 9.97 Å². The first kappa shape index (κ1) is 12.4. The number of rotatable bonds is 2. The van der Waals surface area contributed by atoms with Crippen molar-refractivity contribution in [1.29, 1.82) is 0 Å². The van der Waals surface area contributed by atoms with Gasteiger partial charge in [-0.3, -0.25) is 0 Å². The van der Waals surface area contributed by atoms with Gasteiger partial charge in [-0.05, 0) is 32.0 Å². The van der Waals surface area contributed by atoms with Gasteiger partial charge in [-0.1, -0.05) is 0 Å². The number of nitrogens with zero attached hydrogens (tertiary/aromatic N) is 2. The fourth-order valence-electron chi connectivity index (χ4n) is 2.35. The van der Waals surface area contributed by atoms with Crippen molar-refractivity contribution in [2.75, 3.05) is 12.1 Å². The summed E-state index contributed by atoms with van der Waals surface area (Å²) in [4.78, 5) is 11.2. The highest BCUT2D eigenvalue weighted by Gasteiger charge is 2.14. The molecule has 1 aliphatic heterocycles. The van der Waals surface area contributed by atoms with Gasteiger partial charge in [0, 0.05) is 16.6 Å². The molecule has 0 fully saturated rings. The van der Waals surface area contributed by atoms with Crippen molar-refractivity contribution in [3.63, 3.8) is 0 Å². The second-order valence-corrected chi connectivity index (χ2v) is 6.12. The Balaban J connectivity index is 1.77. The molecule has 0 saturated carbocycles. The van der Waals surface area contributed by atoms with Crippen LogP contribution in [0.1, 0.15) is 10.7 Å². The third-order valence-electron chi connectivity index (χ3n) is 3.26. The molecule has 3 aromatic rings. The monoisotopic (exact) mass is 299 g/mol. The summed E-state index contributed by atoms with van der Waals surface area (Å²) < 4.78 is 10.7. The molecule has 0 aliphatic carbocycles. The summed E-state index contributed by atoms with van der Waals surface area (Å²) >= 11 is 1.68. The normalized spacial score (nSPS) is 12.9. The largest absolute Gasteiger partial charge is 0.454 e. The molecule has 4 rings (SSSR count). The highest BCUT2D eigenvalue weighted by Crippen LogP contribution is 2.36. The third-order valence-corrected chi connectivity index (χ3v) is 4.21. The molecule has 21 heavy (non-hydrogen) atoms. The molecule has 1 N–H and O–H groups in total. The lowest BCUT2D eigenvalue weighted by Gasteiger charge is -2.08. The van der Waals surface area contributed by atoms with E-state index in [1.165, 1.54) is 4.88 Å². The van der Waals surface area contributed by atoms with Crippen LogP contribution in [0.15, 0.2) is 24.3 Å². The number of hydrogen-bond acceptors (Lipinski definition) is 6. The van der Waals surface area contributed by atoms with E-state index in [-0.39, 0.29) is 6.79 Å². The zero-order valence-corrected chi connectivity index (χ0v) is 12.5. The molecule has 6 heteroatoms. The highest BCUT2D eigenvalue weighted by molar-refractivity contribution is 7.18. The molecule has 2 aromatic heterocycles. The summed E-state index contributed by atoms with van der Waals surface area (Å²) in [5.74, 6) is 3.10. The predicted octanol–water partition coefficient (Wildman–Crippen LogP) is 3.78. The molecule has 106 valence electrons. The fourth-order valence-corrected chi connectivity index (χ4v) is 3.28. The van der Waals surface area contributed by atoms with Crippen LogP contribution in [0.3, 0.4) is 0 Å². The first-order valence-electron chi connectivity index (χ1n) is 6.60. The third kappa shape index (κ3) is 2.17. The Bertz CT molecular complexity index is 844. The van der Waals surface area contributed by atoms with Gasteiger partial charge in [-0.15, -0.1) is 11.3 Å². The van der Waals surface area contributed by atoms with Gasteiger partial charge in [0.05, 0.1) is 5.39 Å². The van der Waals surface area contributed by atoms with Crippen molar-refractivity contribution in [2.24, 2.45) is 0 Å². The van der Waals surface area contributed by atoms with E-state index in [9.17, 15) is 0 Å². The quantitative estimate of drug-likeness (QED) is 0.780. The molecule has 0 radical (unpaired) electrons. The van der Waals surface area contributed by atoms with Crippen LogP contribution in [0.5, 0.6) is 11.5 Å². The Morgan fingerprint density at radius 1 is 1.10 bits per heavy atom. The predicted molar refractivity (Wildman–Crippen MR) is 82.7 cm³/mol. The number of aromatic nitrogens is 2. The topological polar surface area (TPSA) is 56.3 Å². The fraction of sp³-hybridized carbons (Fsp3) is 0.200.